The second-order valence-electron chi connectivity index (χ2n) is 4.23. The van der Waals surface area contributed by atoms with E-state index >= 15 is 0 Å². The topological polar surface area (TPSA) is 50.4 Å². The predicted octanol–water partition coefficient (Wildman–Crippen LogP) is 2.29. The molecule has 0 bridgehead atoms. The van der Waals surface area contributed by atoms with Crippen LogP contribution in [0.4, 0.5) is 4.79 Å². The molecule has 2 rings (SSSR count). The summed E-state index contributed by atoms with van der Waals surface area (Å²) in [5.41, 5.74) is 0. The van der Waals surface area contributed by atoms with E-state index in [1.165, 1.54) is 0 Å². The summed E-state index contributed by atoms with van der Waals surface area (Å²) in [6.45, 7) is 3.40. The first-order valence-electron chi connectivity index (χ1n) is 5.95. The third kappa shape index (κ3) is 3.71. The van der Waals surface area contributed by atoms with E-state index in [4.69, 9.17) is 4.74 Å². The molecular weight excluding hydrogens is 236 g/mol. The van der Waals surface area contributed by atoms with Gasteiger partial charge < -0.3 is 15.4 Å². The molecule has 1 aromatic heterocycles. The second-order valence-corrected chi connectivity index (χ2v) is 5.21. The van der Waals surface area contributed by atoms with Gasteiger partial charge in [0.15, 0.2) is 0 Å². The molecule has 17 heavy (non-hydrogen) atoms. The average molecular weight is 254 g/mol. The summed E-state index contributed by atoms with van der Waals surface area (Å²) in [5.74, 6) is 0. The molecule has 1 saturated heterocycles. The van der Waals surface area contributed by atoms with Crippen molar-refractivity contribution in [2.45, 2.75) is 31.9 Å². The highest BCUT2D eigenvalue weighted by Crippen LogP contribution is 2.17. The van der Waals surface area contributed by atoms with Crippen LogP contribution in [0.3, 0.4) is 0 Å². The van der Waals surface area contributed by atoms with E-state index in [1.54, 1.807) is 11.3 Å². The number of ether oxygens (including phenoxy) is 1. The van der Waals surface area contributed by atoms with Gasteiger partial charge in [-0.3, -0.25) is 0 Å². The van der Waals surface area contributed by atoms with Gasteiger partial charge in [-0.2, -0.15) is 0 Å². The largest absolute Gasteiger partial charge is 0.376 e. The maximum atomic E-state index is 11.6. The van der Waals surface area contributed by atoms with Gasteiger partial charge in [0.2, 0.25) is 0 Å². The fourth-order valence-corrected chi connectivity index (χ4v) is 2.60. The van der Waals surface area contributed by atoms with Gasteiger partial charge in [-0.1, -0.05) is 6.07 Å². The number of thiophene rings is 1. The molecule has 0 aromatic carbocycles. The Morgan fingerprint density at radius 3 is 3.24 bits per heavy atom. The normalized spacial score (nSPS) is 21.1. The Labute approximate surface area is 105 Å². The number of rotatable bonds is 4. The Balaban J connectivity index is 1.69. The Morgan fingerprint density at radius 1 is 1.71 bits per heavy atom. The van der Waals surface area contributed by atoms with E-state index in [-0.39, 0.29) is 18.2 Å². The van der Waals surface area contributed by atoms with Gasteiger partial charge in [0, 0.05) is 18.0 Å². The van der Waals surface area contributed by atoms with Crippen LogP contribution in [0.25, 0.3) is 0 Å². The molecular formula is C12H18N2O2S. The number of amides is 2. The molecule has 2 heterocycles. The molecule has 1 aliphatic heterocycles. The van der Waals surface area contributed by atoms with Crippen LogP contribution in [-0.2, 0) is 4.74 Å². The summed E-state index contributed by atoms with van der Waals surface area (Å²) in [4.78, 5) is 12.8. The summed E-state index contributed by atoms with van der Waals surface area (Å²) >= 11 is 1.65. The van der Waals surface area contributed by atoms with E-state index in [0.29, 0.717) is 6.54 Å². The molecule has 0 aliphatic carbocycles. The number of hydrogen-bond acceptors (Lipinski definition) is 3. The van der Waals surface area contributed by atoms with Crippen LogP contribution >= 0.6 is 11.3 Å². The van der Waals surface area contributed by atoms with Gasteiger partial charge in [0.05, 0.1) is 12.1 Å². The van der Waals surface area contributed by atoms with Crippen LogP contribution in [0.5, 0.6) is 0 Å². The van der Waals surface area contributed by atoms with E-state index in [9.17, 15) is 4.79 Å². The van der Waals surface area contributed by atoms with Gasteiger partial charge in [-0.25, -0.2) is 4.79 Å². The van der Waals surface area contributed by atoms with Crippen LogP contribution in [0.2, 0.25) is 0 Å². The summed E-state index contributed by atoms with van der Waals surface area (Å²) in [6.07, 6.45) is 2.33. The number of hydrogen-bond donors (Lipinski definition) is 2. The highest BCUT2D eigenvalue weighted by Gasteiger charge is 2.17. The molecule has 2 amide bonds. The minimum atomic E-state index is -0.124. The van der Waals surface area contributed by atoms with E-state index in [2.05, 4.69) is 10.6 Å². The zero-order chi connectivity index (χ0) is 12.1. The fourth-order valence-electron chi connectivity index (χ4n) is 1.87. The first-order valence-corrected chi connectivity index (χ1v) is 6.83. The highest BCUT2D eigenvalue weighted by atomic mass is 32.1. The number of urea groups is 1. The molecule has 2 N–H and O–H groups in total. The average Bonchev–Trinajstić information content (AvgIpc) is 2.99. The molecule has 0 unspecified atom stereocenters. The van der Waals surface area contributed by atoms with Crippen LogP contribution in [0.15, 0.2) is 17.5 Å². The van der Waals surface area contributed by atoms with Crippen molar-refractivity contribution in [2.24, 2.45) is 0 Å². The lowest BCUT2D eigenvalue weighted by atomic mass is 10.2. The van der Waals surface area contributed by atoms with Crippen molar-refractivity contribution in [1.82, 2.24) is 10.6 Å². The monoisotopic (exact) mass is 254 g/mol. The van der Waals surface area contributed by atoms with Crippen LogP contribution in [0.1, 0.15) is 30.7 Å². The highest BCUT2D eigenvalue weighted by molar-refractivity contribution is 7.10. The molecule has 4 nitrogen and oxygen atoms in total. The fraction of sp³-hybridized carbons (Fsp3) is 0.583. The van der Waals surface area contributed by atoms with Crippen molar-refractivity contribution in [3.8, 4) is 0 Å². The summed E-state index contributed by atoms with van der Waals surface area (Å²) in [5, 5.41) is 7.77. The number of nitrogens with one attached hydrogen (secondary N) is 2. The smallest absolute Gasteiger partial charge is 0.315 e. The predicted molar refractivity (Wildman–Crippen MR) is 68.2 cm³/mol. The lowest BCUT2D eigenvalue weighted by molar-refractivity contribution is 0.111. The van der Waals surface area contributed by atoms with E-state index in [0.717, 1.165) is 24.3 Å². The van der Waals surface area contributed by atoms with E-state index < -0.39 is 0 Å². The Morgan fingerprint density at radius 2 is 2.59 bits per heavy atom. The SMILES string of the molecule is C[C@@H](NC(=O)NC[C@@H]1CCCO1)c1cccs1. The van der Waals surface area contributed by atoms with Gasteiger partial charge in [0.25, 0.3) is 0 Å². The lowest BCUT2D eigenvalue weighted by Crippen LogP contribution is -2.40. The maximum absolute atomic E-state index is 11.6. The van der Waals surface area contributed by atoms with Gasteiger partial charge >= 0.3 is 6.03 Å². The van der Waals surface area contributed by atoms with Crippen LogP contribution in [-0.4, -0.2) is 25.3 Å². The van der Waals surface area contributed by atoms with Crippen molar-refractivity contribution in [2.75, 3.05) is 13.2 Å². The van der Waals surface area contributed by atoms with Crippen molar-refractivity contribution >= 4 is 17.4 Å². The van der Waals surface area contributed by atoms with Crippen LogP contribution in [0, 0.1) is 0 Å². The Hall–Kier alpha value is -1.07. The molecule has 1 fully saturated rings. The summed E-state index contributed by atoms with van der Waals surface area (Å²) in [7, 11) is 0. The minimum Gasteiger partial charge on any atom is -0.376 e. The van der Waals surface area contributed by atoms with Crippen molar-refractivity contribution in [3.05, 3.63) is 22.4 Å². The van der Waals surface area contributed by atoms with Crippen molar-refractivity contribution in [1.29, 1.82) is 0 Å². The Kier molecular flexibility index (Phi) is 4.39. The molecule has 5 heteroatoms. The lowest BCUT2D eigenvalue weighted by Gasteiger charge is -2.15. The van der Waals surface area contributed by atoms with Crippen LogP contribution < -0.4 is 10.6 Å². The molecule has 1 aliphatic rings. The summed E-state index contributed by atoms with van der Waals surface area (Å²) < 4.78 is 5.44. The van der Waals surface area contributed by atoms with Gasteiger partial charge in [-0.05, 0) is 31.2 Å². The molecule has 94 valence electrons. The third-order valence-corrected chi connectivity index (χ3v) is 3.89. The quantitative estimate of drug-likeness (QED) is 0.866. The number of carbonyl (C=O) groups excluding carboxylic acids is 1. The first kappa shape index (κ1) is 12.4. The van der Waals surface area contributed by atoms with E-state index in [1.807, 2.05) is 24.4 Å². The maximum Gasteiger partial charge on any atom is 0.315 e. The van der Waals surface area contributed by atoms with Crippen molar-refractivity contribution in [3.63, 3.8) is 0 Å². The molecule has 0 radical (unpaired) electrons. The molecule has 0 saturated carbocycles. The first-order chi connectivity index (χ1) is 8.25. The molecule has 1 aromatic rings. The second kappa shape index (κ2) is 6.02. The zero-order valence-corrected chi connectivity index (χ0v) is 10.8. The third-order valence-electron chi connectivity index (χ3n) is 2.83. The van der Waals surface area contributed by atoms with Gasteiger partial charge in [0.1, 0.15) is 0 Å². The molecule has 2 atom stereocenters. The Bertz CT molecular complexity index is 347. The number of carbonyl (C=O) groups is 1. The zero-order valence-electron chi connectivity index (χ0n) is 9.94. The molecule has 0 spiro atoms. The standard InChI is InChI=1S/C12H18N2O2S/c1-9(11-5-3-7-17-11)14-12(15)13-8-10-4-2-6-16-10/h3,5,7,9-10H,2,4,6,8H2,1H3,(H2,13,14,15)/t9-,10+/m1/s1. The van der Waals surface area contributed by atoms with Gasteiger partial charge in [-0.15, -0.1) is 11.3 Å². The van der Waals surface area contributed by atoms with Crippen molar-refractivity contribution < 1.29 is 9.53 Å². The minimum absolute atomic E-state index is 0.0551. The summed E-state index contributed by atoms with van der Waals surface area (Å²) in [6, 6.07) is 3.94.